The molecule has 0 amide bonds. The predicted octanol–water partition coefficient (Wildman–Crippen LogP) is 7.00. The van der Waals surface area contributed by atoms with Gasteiger partial charge in [-0.3, -0.25) is 0 Å². The number of ether oxygens (including phenoxy) is 3. The molecule has 0 fully saturated rings. The van der Waals surface area contributed by atoms with Crippen LogP contribution in [0.25, 0.3) is 5.57 Å². The molecule has 1 aromatic carbocycles. The highest BCUT2D eigenvalue weighted by Crippen LogP contribution is 2.49. The topological polar surface area (TPSA) is 105 Å². The lowest BCUT2D eigenvalue weighted by molar-refractivity contribution is -0.141. The molecule has 44 heavy (non-hydrogen) atoms. The van der Waals surface area contributed by atoms with Crippen LogP contribution in [0.4, 0.5) is 0 Å². The van der Waals surface area contributed by atoms with Crippen LogP contribution in [-0.4, -0.2) is 58.9 Å². The molecule has 0 spiro atoms. The van der Waals surface area contributed by atoms with E-state index in [0.29, 0.717) is 36.3 Å². The fraction of sp³-hybridized carbons (Fsp3) is 0.649. The van der Waals surface area contributed by atoms with E-state index in [1.165, 1.54) is 0 Å². The maximum absolute atomic E-state index is 12.9. The lowest BCUT2D eigenvalue weighted by Gasteiger charge is -2.46. The molecule has 1 heterocycles. The lowest BCUT2D eigenvalue weighted by Crippen LogP contribution is -2.36. The zero-order valence-corrected chi connectivity index (χ0v) is 28.1. The zero-order chi connectivity index (χ0) is 32.7. The van der Waals surface area contributed by atoms with Crippen molar-refractivity contribution in [2.24, 2.45) is 22.2 Å². The molecule has 0 saturated heterocycles. The molecular formula is C37H56O7. The van der Waals surface area contributed by atoms with Crippen molar-refractivity contribution in [1.29, 1.82) is 0 Å². The van der Waals surface area contributed by atoms with Crippen molar-refractivity contribution in [3.05, 3.63) is 59.9 Å². The molecule has 7 heteroatoms. The number of aliphatic hydroxyl groups is 3. The van der Waals surface area contributed by atoms with Crippen molar-refractivity contribution in [1.82, 2.24) is 0 Å². The summed E-state index contributed by atoms with van der Waals surface area (Å²) < 4.78 is 17.4. The molecule has 6 unspecified atom stereocenters. The van der Waals surface area contributed by atoms with Gasteiger partial charge in [0.15, 0.2) is 0 Å². The summed E-state index contributed by atoms with van der Waals surface area (Å²) in [5.41, 5.74) is 1.81. The Bertz CT molecular complexity index is 1170. The molecular weight excluding hydrogens is 556 g/mol. The van der Waals surface area contributed by atoms with Crippen molar-refractivity contribution in [3.63, 3.8) is 0 Å². The van der Waals surface area contributed by atoms with E-state index in [4.69, 9.17) is 14.2 Å². The van der Waals surface area contributed by atoms with Crippen LogP contribution in [0.3, 0.4) is 0 Å². The summed E-state index contributed by atoms with van der Waals surface area (Å²) in [5, 5.41) is 30.3. The first-order valence-corrected chi connectivity index (χ1v) is 16.2. The van der Waals surface area contributed by atoms with Crippen LogP contribution in [0.1, 0.15) is 99.5 Å². The quantitative estimate of drug-likeness (QED) is 0.183. The third kappa shape index (κ3) is 10.2. The highest BCUT2D eigenvalue weighted by molar-refractivity contribution is 6.17. The van der Waals surface area contributed by atoms with Crippen LogP contribution >= 0.6 is 0 Å². The number of carbonyl (C=O) groups excluding carboxylic acids is 1. The van der Waals surface area contributed by atoms with Crippen LogP contribution in [0.15, 0.2) is 54.3 Å². The van der Waals surface area contributed by atoms with E-state index in [1.807, 2.05) is 43.4 Å². The van der Waals surface area contributed by atoms with Gasteiger partial charge in [0, 0.05) is 12.3 Å². The maximum atomic E-state index is 12.9. The van der Waals surface area contributed by atoms with E-state index in [9.17, 15) is 20.1 Å². The molecule has 7 nitrogen and oxygen atoms in total. The minimum Gasteiger partial charge on any atom is -0.493 e. The first-order chi connectivity index (χ1) is 20.5. The van der Waals surface area contributed by atoms with Crippen molar-refractivity contribution >= 4 is 11.5 Å². The third-order valence-electron chi connectivity index (χ3n) is 9.16. The molecule has 3 N–H and O–H groups in total. The summed E-state index contributed by atoms with van der Waals surface area (Å²) in [4.78, 5) is 12.9. The van der Waals surface area contributed by atoms with Gasteiger partial charge in [-0.15, -0.1) is 0 Å². The summed E-state index contributed by atoms with van der Waals surface area (Å²) >= 11 is 0. The number of benzene rings is 1. The Hall–Kier alpha value is -2.61. The number of carbonyl (C=O) groups is 1. The van der Waals surface area contributed by atoms with Crippen molar-refractivity contribution in [3.8, 4) is 5.75 Å². The van der Waals surface area contributed by atoms with E-state index < -0.39 is 30.4 Å². The minimum atomic E-state index is -0.818. The van der Waals surface area contributed by atoms with Gasteiger partial charge in [-0.05, 0) is 71.8 Å². The molecule has 1 aromatic rings. The van der Waals surface area contributed by atoms with E-state index in [-0.39, 0.29) is 35.4 Å². The Kier molecular flexibility index (Phi) is 12.3. The third-order valence-corrected chi connectivity index (χ3v) is 9.16. The van der Waals surface area contributed by atoms with Gasteiger partial charge in [0.1, 0.15) is 24.2 Å². The van der Waals surface area contributed by atoms with Crippen LogP contribution in [0.5, 0.6) is 5.75 Å². The molecule has 0 aromatic heterocycles. The summed E-state index contributed by atoms with van der Waals surface area (Å²) in [6.45, 7) is 18.5. The van der Waals surface area contributed by atoms with Crippen LogP contribution in [0, 0.1) is 22.2 Å². The van der Waals surface area contributed by atoms with Crippen LogP contribution in [0.2, 0.25) is 0 Å². The molecule has 6 atom stereocenters. The molecule has 1 aliphatic carbocycles. The number of fused-ring (bicyclic) bond motifs is 1. The van der Waals surface area contributed by atoms with Gasteiger partial charge >= 0.3 is 5.97 Å². The molecule has 3 rings (SSSR count). The second-order valence-electron chi connectivity index (χ2n) is 15.1. The maximum Gasteiger partial charge on any atom is 0.339 e. The van der Waals surface area contributed by atoms with E-state index in [2.05, 4.69) is 48.5 Å². The Labute approximate surface area is 265 Å². The summed E-state index contributed by atoms with van der Waals surface area (Å²) in [6, 6.07) is 7.18. The van der Waals surface area contributed by atoms with Gasteiger partial charge in [0.2, 0.25) is 0 Å². The van der Waals surface area contributed by atoms with Gasteiger partial charge in [0.05, 0.1) is 30.5 Å². The normalized spacial score (nSPS) is 22.1. The van der Waals surface area contributed by atoms with Crippen molar-refractivity contribution < 1.29 is 34.3 Å². The Morgan fingerprint density at radius 3 is 2.20 bits per heavy atom. The standard InChI is InChI=1S/C37H56O7/c1-9-31(39)32(40)18-20-42-28-15-12-25(13-16-28)30-21-26-14-17-29(22-33(26)44-34(30)41)43-23-27(38)11-10-19-37(8,36(5,6)7)24-35(2,3)4/h12-17,21-22,26-27,31-33,38-40H,9-11,18-20,23-24H2,1-8H3. The Morgan fingerprint density at radius 1 is 0.909 bits per heavy atom. The van der Waals surface area contributed by atoms with Gasteiger partial charge in [0.25, 0.3) is 0 Å². The predicted molar refractivity (Wildman–Crippen MR) is 175 cm³/mol. The van der Waals surface area contributed by atoms with Crippen molar-refractivity contribution in [2.75, 3.05) is 13.2 Å². The smallest absolute Gasteiger partial charge is 0.339 e. The van der Waals surface area contributed by atoms with E-state index >= 15 is 0 Å². The molecule has 246 valence electrons. The van der Waals surface area contributed by atoms with Crippen LogP contribution in [-0.2, 0) is 14.3 Å². The molecule has 2 aliphatic rings. The van der Waals surface area contributed by atoms with Gasteiger partial charge < -0.3 is 29.5 Å². The Balaban J connectivity index is 1.49. The zero-order valence-electron chi connectivity index (χ0n) is 28.1. The number of rotatable bonds is 15. The number of allylic oxidation sites excluding steroid dienone is 1. The van der Waals surface area contributed by atoms with Crippen molar-refractivity contribution in [2.45, 2.75) is 118 Å². The number of hydrogen-bond acceptors (Lipinski definition) is 7. The highest BCUT2D eigenvalue weighted by Gasteiger charge is 2.40. The van der Waals surface area contributed by atoms with E-state index in [1.54, 1.807) is 12.1 Å². The Morgan fingerprint density at radius 2 is 1.59 bits per heavy atom. The molecule has 0 bridgehead atoms. The lowest BCUT2D eigenvalue weighted by atomic mass is 9.59. The molecule has 1 aliphatic heterocycles. The average molecular weight is 613 g/mol. The fourth-order valence-corrected chi connectivity index (χ4v) is 6.06. The summed E-state index contributed by atoms with van der Waals surface area (Å²) in [6.07, 6.45) is 9.56. The summed E-state index contributed by atoms with van der Waals surface area (Å²) in [7, 11) is 0. The number of hydrogen-bond donors (Lipinski definition) is 3. The first kappa shape index (κ1) is 35.9. The SMILES string of the molecule is CCC(O)C(O)CCOc1ccc(C2=CC3C=CC(OCC(O)CCCC(C)(CC(C)(C)C)C(C)(C)C)=CC3OC2=O)cc1. The fourth-order valence-electron chi connectivity index (χ4n) is 6.06. The summed E-state index contributed by atoms with van der Waals surface area (Å²) in [5.74, 6) is 0.701. The molecule has 0 radical (unpaired) electrons. The largest absolute Gasteiger partial charge is 0.493 e. The second kappa shape index (κ2) is 15.1. The average Bonchev–Trinajstić information content (AvgIpc) is 2.94. The highest BCUT2D eigenvalue weighted by atomic mass is 16.5. The monoisotopic (exact) mass is 612 g/mol. The second-order valence-corrected chi connectivity index (χ2v) is 15.1. The minimum absolute atomic E-state index is 0.111. The first-order valence-electron chi connectivity index (χ1n) is 16.2. The van der Waals surface area contributed by atoms with Gasteiger partial charge in [-0.25, -0.2) is 4.79 Å². The number of aliphatic hydroxyl groups excluding tert-OH is 3. The number of esters is 1. The van der Waals surface area contributed by atoms with E-state index in [0.717, 1.165) is 24.8 Å². The van der Waals surface area contributed by atoms with Gasteiger partial charge in [-0.2, -0.15) is 0 Å². The molecule has 0 saturated carbocycles. The van der Waals surface area contributed by atoms with Crippen LogP contribution < -0.4 is 4.74 Å². The van der Waals surface area contributed by atoms with Gasteiger partial charge in [-0.1, -0.05) is 86.1 Å².